The quantitative estimate of drug-likeness (QED) is 0.653. The Kier molecular flexibility index (Phi) is 3.93. The predicted molar refractivity (Wildman–Crippen MR) is 57.8 cm³/mol. The Morgan fingerprint density at radius 2 is 2.31 bits per heavy atom. The lowest BCUT2D eigenvalue weighted by molar-refractivity contribution is 0.230. The third kappa shape index (κ3) is 2.54. The minimum Gasteiger partial charge on any atom is -0.314 e. The van der Waals surface area contributed by atoms with E-state index in [9.17, 15) is 0 Å². The van der Waals surface area contributed by atoms with E-state index in [2.05, 4.69) is 30.4 Å². The molecule has 0 aromatic rings. The van der Waals surface area contributed by atoms with E-state index in [0.29, 0.717) is 6.04 Å². The first-order valence-corrected chi connectivity index (χ1v) is 4.65. The molecule has 0 bridgehead atoms. The average Bonchev–Trinajstić information content (AvgIpc) is 2.16. The summed E-state index contributed by atoms with van der Waals surface area (Å²) >= 11 is 0. The molecule has 1 N–H and O–H groups in total. The van der Waals surface area contributed by atoms with Gasteiger partial charge in [0.15, 0.2) is 0 Å². The maximum atomic E-state index is 3.82. The Morgan fingerprint density at radius 1 is 1.54 bits per heavy atom. The Morgan fingerprint density at radius 3 is 2.85 bits per heavy atom. The van der Waals surface area contributed by atoms with Crippen LogP contribution in [-0.4, -0.2) is 37.6 Å². The number of piperazine rings is 1. The number of likely N-dealkylation sites (N-methyl/N-ethyl adjacent to an activating group) is 1. The minimum absolute atomic E-state index is 0.448. The third-order valence-electron chi connectivity index (χ3n) is 2.44. The van der Waals surface area contributed by atoms with Crippen LogP contribution in [0.4, 0.5) is 0 Å². The molecule has 0 aliphatic carbocycles. The van der Waals surface area contributed by atoms with Crippen molar-refractivity contribution in [3.05, 3.63) is 37.0 Å². The lowest BCUT2D eigenvalue weighted by atomic mass is 10.0. The Labute approximate surface area is 80.6 Å². The van der Waals surface area contributed by atoms with E-state index in [-0.39, 0.29) is 0 Å². The molecular formula is C11H18N2. The fraction of sp³-hybridized carbons (Fsp3) is 0.455. The predicted octanol–water partition coefficient (Wildman–Crippen LogP) is 1.19. The van der Waals surface area contributed by atoms with Gasteiger partial charge in [-0.25, -0.2) is 0 Å². The average molecular weight is 178 g/mol. The van der Waals surface area contributed by atoms with Crippen molar-refractivity contribution in [2.75, 3.05) is 26.7 Å². The molecule has 1 unspecified atom stereocenters. The minimum atomic E-state index is 0.448. The van der Waals surface area contributed by atoms with Gasteiger partial charge in [0.2, 0.25) is 0 Å². The van der Waals surface area contributed by atoms with Crippen molar-refractivity contribution in [2.45, 2.75) is 6.04 Å². The molecule has 0 saturated carbocycles. The fourth-order valence-corrected chi connectivity index (χ4v) is 1.63. The van der Waals surface area contributed by atoms with E-state index < -0.39 is 0 Å². The number of nitrogens with zero attached hydrogens (tertiary/aromatic N) is 1. The van der Waals surface area contributed by atoms with Crippen molar-refractivity contribution < 1.29 is 0 Å². The van der Waals surface area contributed by atoms with Crippen LogP contribution in [0.2, 0.25) is 0 Å². The maximum absolute atomic E-state index is 3.82. The Balaban J connectivity index is 2.71. The van der Waals surface area contributed by atoms with E-state index >= 15 is 0 Å². The van der Waals surface area contributed by atoms with E-state index in [1.165, 1.54) is 5.57 Å². The maximum Gasteiger partial charge on any atom is 0.0469 e. The molecule has 0 amide bonds. The molecule has 1 aliphatic heterocycles. The molecular weight excluding hydrogens is 160 g/mol. The highest BCUT2D eigenvalue weighted by Crippen LogP contribution is 2.11. The van der Waals surface area contributed by atoms with Crippen LogP contribution in [0.3, 0.4) is 0 Å². The van der Waals surface area contributed by atoms with Gasteiger partial charge in [0.05, 0.1) is 0 Å². The summed E-state index contributed by atoms with van der Waals surface area (Å²) in [7, 11) is 2.14. The van der Waals surface area contributed by atoms with Crippen LogP contribution in [0.5, 0.6) is 0 Å². The lowest BCUT2D eigenvalue weighted by Crippen LogP contribution is -2.49. The first kappa shape index (κ1) is 10.2. The van der Waals surface area contributed by atoms with Gasteiger partial charge >= 0.3 is 0 Å². The van der Waals surface area contributed by atoms with Crippen molar-refractivity contribution in [1.29, 1.82) is 0 Å². The summed E-state index contributed by atoms with van der Waals surface area (Å²) in [6.45, 7) is 10.7. The summed E-state index contributed by atoms with van der Waals surface area (Å²) in [5.41, 5.74) is 1.24. The van der Waals surface area contributed by atoms with Crippen molar-refractivity contribution >= 4 is 0 Å². The van der Waals surface area contributed by atoms with Gasteiger partial charge in [-0.3, -0.25) is 4.90 Å². The summed E-state index contributed by atoms with van der Waals surface area (Å²) in [6.07, 6.45) is 5.76. The summed E-state index contributed by atoms with van der Waals surface area (Å²) < 4.78 is 0. The molecule has 2 heteroatoms. The number of hydrogen-bond donors (Lipinski definition) is 1. The monoisotopic (exact) mass is 178 g/mol. The highest BCUT2D eigenvalue weighted by molar-refractivity contribution is 5.27. The lowest BCUT2D eigenvalue weighted by Gasteiger charge is -2.33. The van der Waals surface area contributed by atoms with Crippen LogP contribution in [0, 0.1) is 0 Å². The summed E-state index contributed by atoms with van der Waals surface area (Å²) in [5, 5.41) is 3.37. The largest absolute Gasteiger partial charge is 0.314 e. The number of hydrogen-bond acceptors (Lipinski definition) is 2. The van der Waals surface area contributed by atoms with Gasteiger partial charge in [-0.15, -0.1) is 0 Å². The zero-order valence-corrected chi connectivity index (χ0v) is 8.29. The van der Waals surface area contributed by atoms with Crippen molar-refractivity contribution in [3.63, 3.8) is 0 Å². The molecule has 1 heterocycles. The van der Waals surface area contributed by atoms with Gasteiger partial charge < -0.3 is 5.32 Å². The van der Waals surface area contributed by atoms with E-state index in [1.54, 1.807) is 0 Å². The van der Waals surface area contributed by atoms with Crippen LogP contribution in [0.1, 0.15) is 0 Å². The van der Waals surface area contributed by atoms with E-state index in [0.717, 1.165) is 19.6 Å². The van der Waals surface area contributed by atoms with Crippen molar-refractivity contribution in [2.24, 2.45) is 0 Å². The highest BCUT2D eigenvalue weighted by Gasteiger charge is 2.19. The molecule has 13 heavy (non-hydrogen) atoms. The van der Waals surface area contributed by atoms with Crippen molar-refractivity contribution in [3.8, 4) is 0 Å². The van der Waals surface area contributed by atoms with Gasteiger partial charge in [0.25, 0.3) is 0 Å². The van der Waals surface area contributed by atoms with Gasteiger partial charge in [0.1, 0.15) is 0 Å². The van der Waals surface area contributed by atoms with Crippen LogP contribution in [0.25, 0.3) is 0 Å². The molecule has 0 aromatic carbocycles. The normalized spacial score (nSPS) is 25.6. The second-order valence-electron chi connectivity index (χ2n) is 3.31. The van der Waals surface area contributed by atoms with Gasteiger partial charge in [-0.1, -0.05) is 31.4 Å². The van der Waals surface area contributed by atoms with Crippen LogP contribution in [-0.2, 0) is 0 Å². The molecule has 1 fully saturated rings. The van der Waals surface area contributed by atoms with Crippen LogP contribution >= 0.6 is 0 Å². The number of allylic oxidation sites excluding steroid dienone is 2. The molecule has 1 rings (SSSR count). The van der Waals surface area contributed by atoms with E-state index in [4.69, 9.17) is 0 Å². The molecule has 0 spiro atoms. The first-order valence-electron chi connectivity index (χ1n) is 4.65. The van der Waals surface area contributed by atoms with Gasteiger partial charge in [-0.05, 0) is 12.6 Å². The summed E-state index contributed by atoms with van der Waals surface area (Å²) in [4.78, 5) is 2.34. The summed E-state index contributed by atoms with van der Waals surface area (Å²) in [5.74, 6) is 0. The van der Waals surface area contributed by atoms with Gasteiger partial charge in [0, 0.05) is 25.7 Å². The van der Waals surface area contributed by atoms with Gasteiger partial charge in [-0.2, -0.15) is 0 Å². The summed E-state index contributed by atoms with van der Waals surface area (Å²) in [6, 6.07) is 0.448. The molecule has 2 nitrogen and oxygen atoms in total. The van der Waals surface area contributed by atoms with Crippen LogP contribution in [0.15, 0.2) is 37.0 Å². The molecule has 1 atom stereocenters. The Hall–Kier alpha value is -0.860. The SMILES string of the molecule is C=C/C=C(\C=C)C1CNCCN1C. The highest BCUT2D eigenvalue weighted by atomic mass is 15.2. The molecule has 1 saturated heterocycles. The second kappa shape index (κ2) is 5.00. The first-order chi connectivity index (χ1) is 6.29. The zero-order valence-electron chi connectivity index (χ0n) is 8.29. The van der Waals surface area contributed by atoms with E-state index in [1.807, 2.05) is 18.2 Å². The van der Waals surface area contributed by atoms with Crippen LogP contribution < -0.4 is 5.32 Å². The molecule has 0 aromatic heterocycles. The zero-order chi connectivity index (χ0) is 9.68. The topological polar surface area (TPSA) is 15.3 Å². The van der Waals surface area contributed by atoms with Crippen molar-refractivity contribution in [1.82, 2.24) is 10.2 Å². The molecule has 72 valence electrons. The molecule has 0 radical (unpaired) electrons. The number of nitrogens with one attached hydrogen (secondary N) is 1. The standard InChI is InChI=1S/C11H18N2/c1-4-6-10(5-2)11-9-12-7-8-13(11)3/h4-6,11-12H,1-2,7-9H2,3H3/b10-6+. The fourth-order valence-electron chi connectivity index (χ4n) is 1.63. The smallest absolute Gasteiger partial charge is 0.0469 e. The Bertz CT molecular complexity index is 218. The second-order valence-corrected chi connectivity index (χ2v) is 3.31. The number of rotatable bonds is 3. The third-order valence-corrected chi connectivity index (χ3v) is 2.44. The molecule has 1 aliphatic rings.